The van der Waals surface area contributed by atoms with Crippen LogP contribution in [0.5, 0.6) is 0 Å². The van der Waals surface area contributed by atoms with Crippen molar-refractivity contribution in [3.05, 3.63) is 75.2 Å². The average molecular weight is 392 g/mol. The summed E-state index contributed by atoms with van der Waals surface area (Å²) in [5, 5.41) is 0.348. The summed E-state index contributed by atoms with van der Waals surface area (Å²) in [7, 11) is 0. The number of aromatic nitrogens is 2. The molecule has 1 atom stereocenters. The summed E-state index contributed by atoms with van der Waals surface area (Å²) in [6.07, 6.45) is 1.32. The predicted molar refractivity (Wildman–Crippen MR) is 111 cm³/mol. The van der Waals surface area contributed by atoms with E-state index in [0.717, 1.165) is 17.7 Å². The summed E-state index contributed by atoms with van der Waals surface area (Å²) in [4.78, 5) is 42.5. The van der Waals surface area contributed by atoms with E-state index >= 15 is 0 Å². The normalized spacial score (nSPS) is 12.0. The molecule has 0 radical (unpaired) electrons. The lowest BCUT2D eigenvalue weighted by molar-refractivity contribution is 0.0317. The second-order valence-corrected chi connectivity index (χ2v) is 6.94. The summed E-state index contributed by atoms with van der Waals surface area (Å²) in [6.45, 7) is 7.82. The molecule has 0 N–H and O–H groups in total. The van der Waals surface area contributed by atoms with E-state index in [-0.39, 0.29) is 11.3 Å². The number of carbonyl (C=O) groups excluding carboxylic acids is 2. The molecule has 3 rings (SSSR count). The molecule has 0 amide bonds. The predicted octanol–water partition coefficient (Wildman–Crippen LogP) is 3.72. The third kappa shape index (κ3) is 4.11. The highest BCUT2D eigenvalue weighted by Gasteiger charge is 2.23. The molecule has 0 saturated carbocycles. The molecule has 2 heterocycles. The Kier molecular flexibility index (Phi) is 5.92. The number of Topliss-reactive ketones (excluding diaryl/α,β-unsaturated/α-hetero) is 1. The first-order valence-corrected chi connectivity index (χ1v) is 9.70. The SMILES string of the molecule is CCc1ccc(C(=O)C(C)OC(=O)c2cn(CC)c3nc(C)ccc3c2=O)cc1. The van der Waals surface area contributed by atoms with E-state index in [4.69, 9.17) is 4.74 Å². The number of aryl methyl sites for hydroxylation is 3. The van der Waals surface area contributed by atoms with Crippen molar-refractivity contribution in [2.45, 2.75) is 46.8 Å². The van der Waals surface area contributed by atoms with Crippen LogP contribution < -0.4 is 5.43 Å². The lowest BCUT2D eigenvalue weighted by Gasteiger charge is -2.14. The van der Waals surface area contributed by atoms with Crippen LogP contribution in [0, 0.1) is 6.92 Å². The van der Waals surface area contributed by atoms with Gasteiger partial charge >= 0.3 is 5.97 Å². The van der Waals surface area contributed by atoms with Crippen LogP contribution in [-0.4, -0.2) is 27.4 Å². The smallest absolute Gasteiger partial charge is 0.344 e. The fourth-order valence-electron chi connectivity index (χ4n) is 3.16. The molecule has 6 heteroatoms. The quantitative estimate of drug-likeness (QED) is 0.472. The van der Waals surface area contributed by atoms with Gasteiger partial charge in [0.2, 0.25) is 11.2 Å². The third-order valence-electron chi connectivity index (χ3n) is 4.92. The number of hydrogen-bond acceptors (Lipinski definition) is 5. The van der Waals surface area contributed by atoms with Gasteiger partial charge in [0.05, 0.1) is 5.39 Å². The van der Waals surface area contributed by atoms with Crippen molar-refractivity contribution in [1.29, 1.82) is 0 Å². The van der Waals surface area contributed by atoms with Crippen LogP contribution in [0.1, 0.15) is 52.7 Å². The number of carbonyl (C=O) groups is 2. The van der Waals surface area contributed by atoms with Gasteiger partial charge in [0.25, 0.3) is 0 Å². The molecule has 0 fully saturated rings. The van der Waals surface area contributed by atoms with Gasteiger partial charge in [0.15, 0.2) is 6.10 Å². The molecule has 0 aliphatic carbocycles. The van der Waals surface area contributed by atoms with Gasteiger partial charge in [-0.2, -0.15) is 0 Å². The minimum atomic E-state index is -1.00. The van der Waals surface area contributed by atoms with Gasteiger partial charge in [-0.1, -0.05) is 31.2 Å². The Balaban J connectivity index is 1.89. The van der Waals surface area contributed by atoms with Crippen molar-refractivity contribution in [2.75, 3.05) is 0 Å². The number of hydrogen-bond donors (Lipinski definition) is 0. The molecule has 1 unspecified atom stereocenters. The van der Waals surface area contributed by atoms with Crippen molar-refractivity contribution in [1.82, 2.24) is 9.55 Å². The third-order valence-corrected chi connectivity index (χ3v) is 4.92. The van der Waals surface area contributed by atoms with Crippen LogP contribution in [-0.2, 0) is 17.7 Å². The summed E-state index contributed by atoms with van der Waals surface area (Å²) in [5.41, 5.74) is 2.33. The number of esters is 1. The molecule has 0 aliphatic rings. The standard InChI is InChI=1S/C23H24N2O4/c1-5-16-8-10-17(11-9-16)20(26)15(4)29-23(28)19-13-25(6-2)22-18(21(19)27)12-7-14(3)24-22/h7-13,15H,5-6H2,1-4H3. The molecule has 150 valence electrons. The maximum Gasteiger partial charge on any atom is 0.344 e. The van der Waals surface area contributed by atoms with E-state index in [9.17, 15) is 14.4 Å². The second-order valence-electron chi connectivity index (χ2n) is 6.94. The van der Waals surface area contributed by atoms with E-state index in [1.165, 1.54) is 13.1 Å². The maximum absolute atomic E-state index is 12.8. The highest BCUT2D eigenvalue weighted by atomic mass is 16.5. The molecule has 3 aromatic rings. The Hall–Kier alpha value is -3.28. The van der Waals surface area contributed by atoms with Gasteiger partial charge < -0.3 is 9.30 Å². The number of rotatable bonds is 6. The van der Waals surface area contributed by atoms with Crippen LogP contribution in [0.25, 0.3) is 11.0 Å². The molecule has 29 heavy (non-hydrogen) atoms. The topological polar surface area (TPSA) is 78.3 Å². The first kappa shape index (κ1) is 20.5. The van der Waals surface area contributed by atoms with Crippen molar-refractivity contribution in [3.8, 4) is 0 Å². The van der Waals surface area contributed by atoms with Crippen LogP contribution >= 0.6 is 0 Å². The molecule has 1 aromatic carbocycles. The van der Waals surface area contributed by atoms with Gasteiger partial charge in [-0.3, -0.25) is 9.59 Å². The summed E-state index contributed by atoms with van der Waals surface area (Å²) < 4.78 is 7.07. The second kappa shape index (κ2) is 8.39. The summed E-state index contributed by atoms with van der Waals surface area (Å²) in [6, 6.07) is 10.6. The van der Waals surface area contributed by atoms with E-state index in [1.54, 1.807) is 28.8 Å². The van der Waals surface area contributed by atoms with E-state index in [0.29, 0.717) is 23.1 Å². The fourth-order valence-corrected chi connectivity index (χ4v) is 3.16. The van der Waals surface area contributed by atoms with Crippen LogP contribution in [0.3, 0.4) is 0 Å². The van der Waals surface area contributed by atoms with E-state index < -0.39 is 17.5 Å². The number of ketones is 1. The van der Waals surface area contributed by atoms with Gasteiger partial charge in [-0.25, -0.2) is 9.78 Å². The molecule has 2 aromatic heterocycles. The molecule has 6 nitrogen and oxygen atoms in total. The van der Waals surface area contributed by atoms with Crippen LogP contribution in [0.4, 0.5) is 0 Å². The lowest BCUT2D eigenvalue weighted by Crippen LogP contribution is -2.28. The zero-order valence-corrected chi connectivity index (χ0v) is 17.1. The minimum Gasteiger partial charge on any atom is -0.451 e. The average Bonchev–Trinajstić information content (AvgIpc) is 2.73. The fraction of sp³-hybridized carbons (Fsp3) is 0.304. The molecule has 0 bridgehead atoms. The van der Waals surface area contributed by atoms with Gasteiger partial charge in [0.1, 0.15) is 11.2 Å². The highest BCUT2D eigenvalue weighted by Crippen LogP contribution is 2.14. The number of pyridine rings is 2. The van der Waals surface area contributed by atoms with Gasteiger partial charge in [-0.05, 0) is 44.9 Å². The molecular formula is C23H24N2O4. The Labute approximate surface area is 169 Å². The van der Waals surface area contributed by atoms with Crippen molar-refractivity contribution in [2.24, 2.45) is 0 Å². The Bertz CT molecular complexity index is 1130. The minimum absolute atomic E-state index is 0.106. The number of fused-ring (bicyclic) bond motifs is 1. The Morgan fingerprint density at radius 2 is 1.79 bits per heavy atom. The number of ether oxygens (including phenoxy) is 1. The zero-order valence-electron chi connectivity index (χ0n) is 17.1. The summed E-state index contributed by atoms with van der Waals surface area (Å²) in [5.74, 6) is -1.12. The molecule has 0 spiro atoms. The molecular weight excluding hydrogens is 368 g/mol. The number of nitrogens with zero attached hydrogens (tertiary/aromatic N) is 2. The van der Waals surface area contributed by atoms with Crippen LogP contribution in [0.15, 0.2) is 47.4 Å². The zero-order chi connectivity index (χ0) is 21.1. The number of benzene rings is 1. The van der Waals surface area contributed by atoms with Gasteiger partial charge in [0, 0.05) is 24.0 Å². The van der Waals surface area contributed by atoms with Crippen molar-refractivity contribution in [3.63, 3.8) is 0 Å². The van der Waals surface area contributed by atoms with Gasteiger partial charge in [-0.15, -0.1) is 0 Å². The largest absolute Gasteiger partial charge is 0.451 e. The lowest BCUT2D eigenvalue weighted by atomic mass is 10.0. The first-order valence-electron chi connectivity index (χ1n) is 9.70. The maximum atomic E-state index is 12.8. The van der Waals surface area contributed by atoms with Crippen molar-refractivity contribution >= 4 is 22.8 Å². The Morgan fingerprint density at radius 3 is 2.41 bits per heavy atom. The summed E-state index contributed by atoms with van der Waals surface area (Å²) >= 11 is 0. The molecule has 0 aliphatic heterocycles. The van der Waals surface area contributed by atoms with Crippen LogP contribution in [0.2, 0.25) is 0 Å². The van der Waals surface area contributed by atoms with E-state index in [2.05, 4.69) is 4.98 Å². The first-order chi connectivity index (χ1) is 13.8. The van der Waals surface area contributed by atoms with E-state index in [1.807, 2.05) is 32.9 Å². The van der Waals surface area contributed by atoms with Crippen molar-refractivity contribution < 1.29 is 14.3 Å². The molecule has 0 saturated heterocycles. The Morgan fingerprint density at radius 1 is 1.10 bits per heavy atom. The highest BCUT2D eigenvalue weighted by molar-refractivity contribution is 6.01. The monoisotopic (exact) mass is 392 g/mol.